The molecule has 0 unspecified atom stereocenters. The van der Waals surface area contributed by atoms with Gasteiger partial charge in [0.2, 0.25) is 5.91 Å². The summed E-state index contributed by atoms with van der Waals surface area (Å²) in [7, 11) is 8.02. The molecule has 404 valence electrons. The Morgan fingerprint density at radius 2 is 1.22 bits per heavy atom. The van der Waals surface area contributed by atoms with E-state index in [2.05, 4.69) is 48.3 Å². The van der Waals surface area contributed by atoms with Crippen LogP contribution in [0.2, 0.25) is 0 Å². The fourth-order valence-electron chi connectivity index (χ4n) is 10.3. The van der Waals surface area contributed by atoms with E-state index in [1.165, 1.54) is 0 Å². The Morgan fingerprint density at radius 1 is 0.688 bits per heavy atom. The van der Waals surface area contributed by atoms with Crippen LogP contribution in [0.15, 0.2) is 101 Å². The standard InChI is InChI=1S/C59H66N6O10S2/c1-59(2,77-76-36-56(66)62-42-13-10-14-42)37-63(17-18-72-21-22-73-20-19-69-3)43-24-38(34-74-54-30-48-46(28-52(54)70-4)57(67)64-44(32-60-48)26-40-11-6-8-15-50(40)64)23-39(25-43)35-75-55-31-49-47(29-53(55)71-5)58(68)65-45(33-61-49)27-41-12-7-9-16-51(41)65/h6-9,11-12,15-16,23-25,28-33,42,44-45H,10,13-14,17-22,26-27,34-37H2,1-5H3,(H,62,66)/t44-,45-/m0/s1. The van der Waals surface area contributed by atoms with Crippen molar-refractivity contribution in [3.05, 3.63) is 124 Å². The fourth-order valence-corrected chi connectivity index (χ4v) is 12.7. The lowest BCUT2D eigenvalue weighted by molar-refractivity contribution is -0.119. The summed E-state index contributed by atoms with van der Waals surface area (Å²) in [5.74, 6) is 1.80. The summed E-state index contributed by atoms with van der Waals surface area (Å²) in [4.78, 5) is 56.9. The monoisotopic (exact) mass is 1080 g/mol. The molecule has 16 nitrogen and oxygen atoms in total. The van der Waals surface area contributed by atoms with Gasteiger partial charge in [0.1, 0.15) is 13.2 Å². The average Bonchev–Trinajstić information content (AvgIpc) is 3.95. The van der Waals surface area contributed by atoms with Crippen molar-refractivity contribution in [2.75, 3.05) is 87.9 Å². The molecule has 1 fully saturated rings. The van der Waals surface area contributed by atoms with Gasteiger partial charge in [-0.25, -0.2) is 0 Å². The van der Waals surface area contributed by atoms with E-state index in [1.54, 1.807) is 67.2 Å². The van der Waals surface area contributed by atoms with Gasteiger partial charge >= 0.3 is 0 Å². The third-order valence-corrected chi connectivity index (χ3v) is 17.4. The number of nitrogens with one attached hydrogen (secondary N) is 1. The molecule has 1 saturated carbocycles. The van der Waals surface area contributed by atoms with Gasteiger partial charge in [0.05, 0.1) is 87.6 Å². The number of aliphatic imine (C=N–C) groups is 2. The maximum absolute atomic E-state index is 14.2. The number of hydrogen-bond acceptors (Lipinski definition) is 15. The van der Waals surface area contributed by atoms with Crippen molar-refractivity contribution in [2.24, 2.45) is 9.98 Å². The minimum Gasteiger partial charge on any atom is -0.493 e. The van der Waals surface area contributed by atoms with E-state index in [-0.39, 0.29) is 53.8 Å². The van der Waals surface area contributed by atoms with Crippen LogP contribution in [0.1, 0.15) is 76.1 Å². The Hall–Kier alpha value is -6.57. The molecule has 4 aliphatic heterocycles. The maximum atomic E-state index is 14.2. The molecular weight excluding hydrogens is 1020 g/mol. The van der Waals surface area contributed by atoms with Gasteiger partial charge in [-0.3, -0.25) is 34.2 Å². The van der Waals surface area contributed by atoms with Crippen LogP contribution in [0.5, 0.6) is 23.0 Å². The number of rotatable bonds is 25. The van der Waals surface area contributed by atoms with Crippen LogP contribution in [-0.4, -0.2) is 126 Å². The first-order valence-electron chi connectivity index (χ1n) is 26.2. The Labute approximate surface area is 458 Å². The number of hydrogen-bond donors (Lipinski definition) is 1. The Kier molecular flexibility index (Phi) is 17.1. The summed E-state index contributed by atoms with van der Waals surface area (Å²) in [5.41, 5.74) is 8.42. The van der Waals surface area contributed by atoms with Crippen LogP contribution in [-0.2, 0) is 45.1 Å². The molecule has 2 atom stereocenters. The Morgan fingerprint density at radius 3 is 1.74 bits per heavy atom. The summed E-state index contributed by atoms with van der Waals surface area (Å²) in [6.07, 6.45) is 8.29. The molecule has 1 aliphatic carbocycles. The minimum absolute atomic E-state index is 0.0598. The fraction of sp³-hybridized carbons (Fsp3) is 0.407. The maximum Gasteiger partial charge on any atom is 0.261 e. The summed E-state index contributed by atoms with van der Waals surface area (Å²) < 4.78 is 41.7. The second kappa shape index (κ2) is 24.4. The molecule has 1 N–H and O–H groups in total. The second-order valence-electron chi connectivity index (χ2n) is 20.3. The van der Waals surface area contributed by atoms with E-state index in [4.69, 9.17) is 43.1 Å². The van der Waals surface area contributed by atoms with E-state index < -0.39 is 0 Å². The highest BCUT2D eigenvalue weighted by Crippen LogP contribution is 2.44. The highest BCUT2D eigenvalue weighted by Gasteiger charge is 2.38. The summed E-state index contributed by atoms with van der Waals surface area (Å²) in [6, 6.07) is 29.0. The molecule has 5 aliphatic rings. The van der Waals surface area contributed by atoms with E-state index in [0.717, 1.165) is 58.6 Å². The molecule has 0 radical (unpaired) electrons. The third kappa shape index (κ3) is 12.4. The highest BCUT2D eigenvalue weighted by molar-refractivity contribution is 8.77. The molecule has 0 bridgehead atoms. The summed E-state index contributed by atoms with van der Waals surface area (Å²) >= 11 is 0. The van der Waals surface area contributed by atoms with Gasteiger partial charge in [0.15, 0.2) is 23.0 Å². The molecule has 0 spiro atoms. The summed E-state index contributed by atoms with van der Waals surface area (Å²) in [5, 5.41) is 3.16. The van der Waals surface area contributed by atoms with E-state index >= 15 is 0 Å². The van der Waals surface area contributed by atoms with Gasteiger partial charge in [0, 0.05) is 85.5 Å². The van der Waals surface area contributed by atoms with Gasteiger partial charge in [-0.05, 0) is 97.8 Å². The number of carbonyl (C=O) groups is 3. The summed E-state index contributed by atoms with van der Waals surface area (Å²) in [6.45, 7) is 8.05. The molecule has 0 saturated heterocycles. The van der Waals surface area contributed by atoms with Crippen molar-refractivity contribution < 1.29 is 47.5 Å². The molecule has 5 aromatic carbocycles. The Bertz CT molecular complexity index is 2880. The number of nitrogens with zero attached hydrogens (tertiary/aromatic N) is 5. The predicted molar refractivity (Wildman–Crippen MR) is 305 cm³/mol. The van der Waals surface area contributed by atoms with Crippen molar-refractivity contribution in [3.63, 3.8) is 0 Å². The first-order valence-corrected chi connectivity index (χ1v) is 28.5. The van der Waals surface area contributed by atoms with E-state index in [0.29, 0.717) is 110 Å². The Balaban J connectivity index is 0.933. The minimum atomic E-state index is -0.317. The van der Waals surface area contributed by atoms with Gasteiger partial charge in [-0.15, -0.1) is 0 Å². The van der Waals surface area contributed by atoms with Crippen LogP contribution in [0.25, 0.3) is 0 Å². The van der Waals surface area contributed by atoms with Gasteiger partial charge < -0.3 is 43.4 Å². The van der Waals surface area contributed by atoms with Gasteiger partial charge in [-0.2, -0.15) is 0 Å². The predicted octanol–water partition coefficient (Wildman–Crippen LogP) is 9.75. The molecule has 4 heterocycles. The second-order valence-corrected chi connectivity index (χ2v) is 23.3. The topological polar surface area (TPSA) is 162 Å². The van der Waals surface area contributed by atoms with Crippen molar-refractivity contribution >= 4 is 80.2 Å². The lowest BCUT2D eigenvalue weighted by Crippen LogP contribution is -2.40. The number of methoxy groups -OCH3 is 3. The average molecular weight is 1080 g/mol. The molecule has 5 aromatic rings. The number of fused-ring (bicyclic) bond motifs is 8. The SMILES string of the molecule is COCCOCCOCCN(CC(C)(C)SSCC(=O)NC1CCC1)c1cc(COc2cc3c(cc2OC)C(=O)N2c4ccccc4C[C@H]2C=N3)cc(COc2cc3c(cc2OC)C(=O)N2c4ccccc4C[C@H]2C=N3)c1. The van der Waals surface area contributed by atoms with Gasteiger partial charge in [0.25, 0.3) is 11.8 Å². The van der Waals surface area contributed by atoms with Crippen molar-refractivity contribution in [2.45, 2.75) is 82.0 Å². The highest BCUT2D eigenvalue weighted by atomic mass is 33.1. The van der Waals surface area contributed by atoms with Crippen molar-refractivity contribution in [1.29, 1.82) is 0 Å². The van der Waals surface area contributed by atoms with Crippen LogP contribution in [0.3, 0.4) is 0 Å². The zero-order valence-corrected chi connectivity index (χ0v) is 45.9. The zero-order chi connectivity index (χ0) is 53.5. The van der Waals surface area contributed by atoms with Crippen molar-refractivity contribution in [1.82, 2.24) is 5.32 Å². The zero-order valence-electron chi connectivity index (χ0n) is 44.3. The third-order valence-electron chi connectivity index (χ3n) is 14.3. The number of para-hydroxylation sites is 2. The number of amides is 3. The van der Waals surface area contributed by atoms with Crippen molar-refractivity contribution in [3.8, 4) is 23.0 Å². The van der Waals surface area contributed by atoms with Crippen LogP contribution >= 0.6 is 21.6 Å². The number of anilines is 3. The van der Waals surface area contributed by atoms with Crippen LogP contribution in [0.4, 0.5) is 28.4 Å². The molecule has 0 aromatic heterocycles. The lowest BCUT2D eigenvalue weighted by Gasteiger charge is -2.34. The smallest absolute Gasteiger partial charge is 0.261 e. The molecule has 3 amide bonds. The number of carbonyl (C=O) groups excluding carboxylic acids is 3. The van der Waals surface area contributed by atoms with Gasteiger partial charge in [-0.1, -0.05) is 58.0 Å². The first kappa shape index (κ1) is 53.8. The molecular formula is C59H66N6O10S2. The molecule has 77 heavy (non-hydrogen) atoms. The largest absolute Gasteiger partial charge is 0.493 e. The lowest BCUT2D eigenvalue weighted by atomic mass is 9.93. The normalized spacial score (nSPS) is 17.1. The molecule has 18 heteroatoms. The van der Waals surface area contributed by atoms with Crippen LogP contribution in [0, 0.1) is 0 Å². The number of ether oxygens (including phenoxy) is 7. The van der Waals surface area contributed by atoms with E-state index in [1.807, 2.05) is 64.7 Å². The molecule has 10 rings (SSSR count). The first-order chi connectivity index (χ1) is 37.5. The van der Waals surface area contributed by atoms with Crippen LogP contribution < -0.4 is 39.0 Å². The number of benzene rings is 5. The quantitative estimate of drug-likeness (QED) is 0.0435. The van der Waals surface area contributed by atoms with E-state index in [9.17, 15) is 14.4 Å².